The van der Waals surface area contributed by atoms with Crippen molar-refractivity contribution < 1.29 is 32.2 Å². The van der Waals surface area contributed by atoms with Crippen molar-refractivity contribution in [3.05, 3.63) is 48.0 Å². The first-order valence-electron chi connectivity index (χ1n) is 9.76. The van der Waals surface area contributed by atoms with Crippen LogP contribution in [0.3, 0.4) is 0 Å². The molecule has 0 unspecified atom stereocenters. The molecular formula is C21H24N2O7S. The van der Waals surface area contributed by atoms with Crippen LogP contribution in [-0.4, -0.2) is 47.2 Å². The van der Waals surface area contributed by atoms with Crippen molar-refractivity contribution in [2.45, 2.75) is 24.2 Å². The molecule has 10 heteroatoms. The first kappa shape index (κ1) is 22.6. The lowest BCUT2D eigenvalue weighted by atomic mass is 10.2. The molecule has 2 N–H and O–H groups in total. The van der Waals surface area contributed by atoms with Gasteiger partial charge in [0.25, 0.3) is 0 Å². The number of amides is 1. The largest absolute Gasteiger partial charge is 0.490 e. The van der Waals surface area contributed by atoms with E-state index >= 15 is 0 Å². The maximum Gasteiger partial charge on any atom is 0.337 e. The van der Waals surface area contributed by atoms with Gasteiger partial charge < -0.3 is 19.5 Å². The van der Waals surface area contributed by atoms with E-state index in [1.165, 1.54) is 19.2 Å². The number of hydrogen-bond donors (Lipinski definition) is 2. The molecule has 9 nitrogen and oxygen atoms in total. The van der Waals surface area contributed by atoms with Crippen LogP contribution >= 0.6 is 0 Å². The third-order valence-electron chi connectivity index (χ3n) is 4.49. The topological polar surface area (TPSA) is 120 Å². The number of ether oxygens (including phenoxy) is 3. The molecule has 1 amide bonds. The molecule has 0 bridgehead atoms. The minimum atomic E-state index is -3.74. The van der Waals surface area contributed by atoms with Gasteiger partial charge in [-0.1, -0.05) is 0 Å². The minimum absolute atomic E-state index is 0.0758. The highest BCUT2D eigenvalue weighted by molar-refractivity contribution is 7.89. The van der Waals surface area contributed by atoms with Crippen molar-refractivity contribution in [1.29, 1.82) is 0 Å². The Morgan fingerprint density at radius 2 is 1.74 bits per heavy atom. The zero-order valence-corrected chi connectivity index (χ0v) is 17.9. The van der Waals surface area contributed by atoms with Crippen molar-refractivity contribution in [1.82, 2.24) is 4.72 Å². The van der Waals surface area contributed by atoms with Gasteiger partial charge in [-0.2, -0.15) is 0 Å². The number of carbonyl (C=O) groups is 2. The molecule has 0 spiro atoms. The van der Waals surface area contributed by atoms with E-state index in [1.54, 1.807) is 30.3 Å². The Bertz CT molecular complexity index is 1040. The molecule has 0 aromatic heterocycles. The summed E-state index contributed by atoms with van der Waals surface area (Å²) in [5, 5.41) is 2.70. The van der Waals surface area contributed by atoms with Crippen LogP contribution in [0.1, 0.15) is 29.6 Å². The van der Waals surface area contributed by atoms with Gasteiger partial charge >= 0.3 is 5.97 Å². The van der Waals surface area contributed by atoms with Gasteiger partial charge in [-0.25, -0.2) is 17.9 Å². The highest BCUT2D eigenvalue weighted by Crippen LogP contribution is 2.31. The number of fused-ring (bicyclic) bond motifs is 1. The van der Waals surface area contributed by atoms with Gasteiger partial charge in [0.15, 0.2) is 11.5 Å². The third kappa shape index (κ3) is 6.19. The summed E-state index contributed by atoms with van der Waals surface area (Å²) in [5.41, 5.74) is 0.912. The van der Waals surface area contributed by atoms with Gasteiger partial charge in [0, 0.05) is 31.1 Å². The molecule has 0 fully saturated rings. The zero-order chi connectivity index (χ0) is 22.3. The van der Waals surface area contributed by atoms with Gasteiger partial charge in [-0.15, -0.1) is 0 Å². The summed E-state index contributed by atoms with van der Waals surface area (Å²) in [7, 11) is -2.45. The number of nitrogens with one attached hydrogen (secondary N) is 2. The Morgan fingerprint density at radius 3 is 2.45 bits per heavy atom. The van der Waals surface area contributed by atoms with Crippen molar-refractivity contribution >= 4 is 27.6 Å². The lowest BCUT2D eigenvalue weighted by molar-refractivity contribution is -0.116. The highest BCUT2D eigenvalue weighted by atomic mass is 32.2. The molecule has 1 aliphatic heterocycles. The molecule has 0 aliphatic carbocycles. The van der Waals surface area contributed by atoms with Crippen molar-refractivity contribution in [2.75, 3.05) is 32.2 Å². The fraction of sp³-hybridized carbons (Fsp3) is 0.333. The fourth-order valence-electron chi connectivity index (χ4n) is 2.88. The lowest BCUT2D eigenvalue weighted by Gasteiger charge is -2.11. The summed E-state index contributed by atoms with van der Waals surface area (Å²) >= 11 is 0. The van der Waals surface area contributed by atoms with Crippen LogP contribution in [0.25, 0.3) is 0 Å². The summed E-state index contributed by atoms with van der Waals surface area (Å²) in [4.78, 5) is 23.6. The van der Waals surface area contributed by atoms with Gasteiger partial charge in [0.05, 0.1) is 30.8 Å². The summed E-state index contributed by atoms with van der Waals surface area (Å²) in [5.74, 6) is 0.199. The standard InChI is InChI=1S/C21H24N2O7S/c1-28-21(25)15-5-7-16(8-6-15)23-20(24)4-2-11-22-31(26,27)17-9-10-18-19(14-17)30-13-3-12-29-18/h5-10,14,22H,2-4,11-13H2,1H3,(H,23,24). The molecule has 3 rings (SSSR count). The smallest absolute Gasteiger partial charge is 0.337 e. The molecule has 1 aliphatic rings. The van der Waals surface area contributed by atoms with Gasteiger partial charge in [0.1, 0.15) is 0 Å². The van der Waals surface area contributed by atoms with E-state index in [-0.39, 0.29) is 23.8 Å². The Balaban J connectivity index is 1.47. The fourth-order valence-corrected chi connectivity index (χ4v) is 3.97. The molecule has 1 heterocycles. The summed E-state index contributed by atoms with van der Waals surface area (Å²) < 4.78 is 43.2. The van der Waals surface area contributed by atoms with Crippen LogP contribution < -0.4 is 19.5 Å². The Labute approximate surface area is 180 Å². The van der Waals surface area contributed by atoms with Crippen LogP contribution in [-0.2, 0) is 19.6 Å². The summed E-state index contributed by atoms with van der Waals surface area (Å²) in [6, 6.07) is 10.8. The van der Waals surface area contributed by atoms with Crippen LogP contribution in [0.5, 0.6) is 11.5 Å². The van der Waals surface area contributed by atoms with Gasteiger partial charge in [0.2, 0.25) is 15.9 Å². The normalized spacial score (nSPS) is 13.2. The van der Waals surface area contributed by atoms with E-state index in [9.17, 15) is 18.0 Å². The molecule has 2 aromatic carbocycles. The number of anilines is 1. The van der Waals surface area contributed by atoms with E-state index in [2.05, 4.69) is 14.8 Å². The van der Waals surface area contributed by atoms with Crippen molar-refractivity contribution in [3.8, 4) is 11.5 Å². The number of sulfonamides is 1. The average molecular weight is 448 g/mol. The number of esters is 1. The molecule has 0 saturated carbocycles. The molecule has 2 aromatic rings. The molecular weight excluding hydrogens is 424 g/mol. The lowest BCUT2D eigenvalue weighted by Crippen LogP contribution is -2.25. The maximum atomic E-state index is 12.5. The number of methoxy groups -OCH3 is 1. The average Bonchev–Trinajstić information content (AvgIpc) is 3.01. The molecule has 0 radical (unpaired) electrons. The molecule has 0 atom stereocenters. The van der Waals surface area contributed by atoms with E-state index in [4.69, 9.17) is 9.47 Å². The number of carbonyl (C=O) groups excluding carboxylic acids is 2. The number of benzene rings is 2. The van der Waals surface area contributed by atoms with E-state index in [0.29, 0.717) is 42.4 Å². The van der Waals surface area contributed by atoms with Gasteiger partial charge in [-0.05, 0) is 42.8 Å². The Hall–Kier alpha value is -3.11. The predicted molar refractivity (Wildman–Crippen MR) is 113 cm³/mol. The number of hydrogen-bond acceptors (Lipinski definition) is 7. The van der Waals surface area contributed by atoms with Crippen molar-refractivity contribution in [2.24, 2.45) is 0 Å². The SMILES string of the molecule is COC(=O)c1ccc(NC(=O)CCCNS(=O)(=O)c2ccc3c(c2)OCCCO3)cc1. The zero-order valence-electron chi connectivity index (χ0n) is 17.1. The number of rotatable bonds is 8. The van der Waals surface area contributed by atoms with Crippen LogP contribution in [0.15, 0.2) is 47.4 Å². The van der Waals surface area contributed by atoms with Crippen LogP contribution in [0.2, 0.25) is 0 Å². The van der Waals surface area contributed by atoms with E-state index in [0.717, 1.165) is 6.42 Å². The quantitative estimate of drug-likeness (QED) is 0.470. The summed E-state index contributed by atoms with van der Waals surface area (Å²) in [6.07, 6.45) is 1.17. The molecule has 31 heavy (non-hydrogen) atoms. The monoisotopic (exact) mass is 448 g/mol. The van der Waals surface area contributed by atoms with Crippen LogP contribution in [0, 0.1) is 0 Å². The van der Waals surface area contributed by atoms with Crippen molar-refractivity contribution in [3.63, 3.8) is 0 Å². The van der Waals surface area contributed by atoms with E-state index in [1.807, 2.05) is 0 Å². The van der Waals surface area contributed by atoms with Crippen LogP contribution in [0.4, 0.5) is 5.69 Å². The van der Waals surface area contributed by atoms with E-state index < -0.39 is 16.0 Å². The second-order valence-corrected chi connectivity index (χ2v) is 8.54. The Morgan fingerprint density at radius 1 is 1.03 bits per heavy atom. The van der Waals surface area contributed by atoms with Gasteiger partial charge in [-0.3, -0.25) is 4.79 Å². The first-order valence-corrected chi connectivity index (χ1v) is 11.2. The maximum absolute atomic E-state index is 12.5. The highest BCUT2D eigenvalue weighted by Gasteiger charge is 2.18. The summed E-state index contributed by atoms with van der Waals surface area (Å²) in [6.45, 7) is 1.09. The third-order valence-corrected chi connectivity index (χ3v) is 5.95. The second kappa shape index (κ2) is 10.3. The molecule has 166 valence electrons. The second-order valence-electron chi connectivity index (χ2n) is 6.78. The molecule has 0 saturated heterocycles. The minimum Gasteiger partial charge on any atom is -0.490 e. The Kier molecular flexibility index (Phi) is 7.48. The predicted octanol–water partition coefficient (Wildman–Crippen LogP) is 2.33. The first-order chi connectivity index (χ1) is 14.9.